The van der Waals surface area contributed by atoms with Crippen molar-refractivity contribution < 1.29 is 19.4 Å². The van der Waals surface area contributed by atoms with Crippen LogP contribution in [0.4, 0.5) is 0 Å². The summed E-state index contributed by atoms with van der Waals surface area (Å²) >= 11 is 9.60. The van der Waals surface area contributed by atoms with E-state index >= 15 is 0 Å². The number of carboxylic acid groups (broad SMARTS) is 1. The first-order chi connectivity index (χ1) is 16.4. The standard InChI is InChI=1S/C25H31BrClN3O4/c1-30-13-22(8-24(30)25(31)32)33-14-17-4-16(9-28-10-18-11-29-12-18)5-21(6-17)34-15-19-2-3-20(27)7-23(19)26/h2-7,18,22,24,28-29H,8-15H2,1H3,(H,31,32). The Morgan fingerprint density at radius 1 is 1.24 bits per heavy atom. The van der Waals surface area contributed by atoms with Crippen molar-refractivity contribution >= 4 is 33.5 Å². The molecule has 0 aliphatic carbocycles. The lowest BCUT2D eigenvalue weighted by Crippen LogP contribution is -2.47. The van der Waals surface area contributed by atoms with E-state index < -0.39 is 12.0 Å². The predicted octanol–water partition coefficient (Wildman–Crippen LogP) is 3.66. The third kappa shape index (κ3) is 6.93. The van der Waals surface area contributed by atoms with Crippen LogP contribution in [-0.2, 0) is 29.3 Å². The zero-order valence-corrected chi connectivity index (χ0v) is 21.6. The predicted molar refractivity (Wildman–Crippen MR) is 135 cm³/mol. The molecule has 0 aromatic heterocycles. The van der Waals surface area contributed by atoms with Crippen LogP contribution in [0.15, 0.2) is 40.9 Å². The largest absolute Gasteiger partial charge is 0.489 e. The molecule has 0 saturated carbocycles. The van der Waals surface area contributed by atoms with Crippen LogP contribution in [0.5, 0.6) is 5.75 Å². The quantitative estimate of drug-likeness (QED) is 0.392. The molecule has 4 rings (SSSR count). The lowest BCUT2D eigenvalue weighted by atomic mass is 10.0. The van der Waals surface area contributed by atoms with Gasteiger partial charge in [-0.05, 0) is 48.4 Å². The number of nitrogens with one attached hydrogen (secondary N) is 2. The van der Waals surface area contributed by atoms with Gasteiger partial charge in [-0.2, -0.15) is 0 Å². The van der Waals surface area contributed by atoms with Crippen molar-refractivity contribution in [2.45, 2.75) is 38.3 Å². The molecule has 0 spiro atoms. The molecule has 2 saturated heterocycles. The lowest BCUT2D eigenvalue weighted by Gasteiger charge is -2.27. The summed E-state index contributed by atoms with van der Waals surface area (Å²) in [5.74, 6) is 0.662. The molecule has 0 radical (unpaired) electrons. The molecule has 3 N–H and O–H groups in total. The van der Waals surface area contributed by atoms with Gasteiger partial charge in [-0.15, -0.1) is 0 Å². The average Bonchev–Trinajstić information content (AvgIpc) is 3.14. The van der Waals surface area contributed by atoms with E-state index in [1.807, 2.05) is 36.2 Å². The number of nitrogens with zero attached hydrogens (tertiary/aromatic N) is 1. The maximum Gasteiger partial charge on any atom is 0.321 e. The Bertz CT molecular complexity index is 1000. The minimum Gasteiger partial charge on any atom is -0.489 e. The molecule has 2 heterocycles. The van der Waals surface area contributed by atoms with Crippen molar-refractivity contribution in [3.63, 3.8) is 0 Å². The highest BCUT2D eigenvalue weighted by molar-refractivity contribution is 9.10. The highest BCUT2D eigenvalue weighted by Crippen LogP contribution is 2.26. The summed E-state index contributed by atoms with van der Waals surface area (Å²) in [7, 11) is 1.83. The number of aliphatic carboxylic acids is 1. The van der Waals surface area contributed by atoms with E-state index in [-0.39, 0.29) is 6.10 Å². The van der Waals surface area contributed by atoms with Crippen molar-refractivity contribution in [2.75, 3.05) is 33.2 Å². The third-order valence-corrected chi connectivity index (χ3v) is 7.32. The first kappa shape index (κ1) is 25.4. The molecule has 9 heteroatoms. The molecule has 0 amide bonds. The summed E-state index contributed by atoms with van der Waals surface area (Å²) < 4.78 is 13.2. The van der Waals surface area contributed by atoms with Gasteiger partial charge in [0.05, 0.1) is 12.7 Å². The zero-order valence-electron chi connectivity index (χ0n) is 19.2. The van der Waals surface area contributed by atoms with E-state index in [1.165, 1.54) is 0 Å². The number of benzene rings is 2. The molecule has 34 heavy (non-hydrogen) atoms. The van der Waals surface area contributed by atoms with Gasteiger partial charge in [-0.25, -0.2) is 0 Å². The molecule has 0 bridgehead atoms. The molecule has 2 aliphatic heterocycles. The average molecular weight is 553 g/mol. The molecule has 2 aromatic rings. The summed E-state index contributed by atoms with van der Waals surface area (Å²) in [5, 5.41) is 16.9. The van der Waals surface area contributed by atoms with Gasteiger partial charge in [0.1, 0.15) is 18.4 Å². The highest BCUT2D eigenvalue weighted by Gasteiger charge is 2.34. The van der Waals surface area contributed by atoms with Crippen molar-refractivity contribution in [1.29, 1.82) is 0 Å². The molecule has 2 aromatic carbocycles. The number of carboxylic acids is 1. The minimum absolute atomic E-state index is 0.103. The Kier molecular flexibility index (Phi) is 8.85. The molecular formula is C25H31BrClN3O4. The van der Waals surface area contributed by atoms with Gasteiger partial charge in [-0.1, -0.05) is 39.7 Å². The SMILES string of the molecule is CN1CC(OCc2cc(CNCC3CNC3)cc(OCc3ccc(Cl)cc3Br)c2)CC1C(=O)O. The second-order valence-electron chi connectivity index (χ2n) is 9.13. The number of hydrogen-bond acceptors (Lipinski definition) is 6. The molecule has 2 unspecified atom stereocenters. The van der Waals surface area contributed by atoms with Gasteiger partial charge in [-0.3, -0.25) is 9.69 Å². The Balaban J connectivity index is 1.41. The van der Waals surface area contributed by atoms with Gasteiger partial charge in [0.25, 0.3) is 0 Å². The van der Waals surface area contributed by atoms with Crippen LogP contribution in [0.25, 0.3) is 0 Å². The van der Waals surface area contributed by atoms with E-state index in [4.69, 9.17) is 21.1 Å². The summed E-state index contributed by atoms with van der Waals surface area (Å²) in [6.07, 6.45) is 0.393. The van der Waals surface area contributed by atoms with Gasteiger partial charge in [0.2, 0.25) is 0 Å². The van der Waals surface area contributed by atoms with Crippen LogP contribution >= 0.6 is 27.5 Å². The van der Waals surface area contributed by atoms with Crippen LogP contribution in [-0.4, -0.2) is 61.3 Å². The number of halogens is 2. The smallest absolute Gasteiger partial charge is 0.321 e. The van der Waals surface area contributed by atoms with Crippen LogP contribution in [0.2, 0.25) is 5.02 Å². The minimum atomic E-state index is -0.799. The van der Waals surface area contributed by atoms with Crippen LogP contribution in [0.3, 0.4) is 0 Å². The normalized spacial score (nSPS) is 20.9. The molecule has 184 valence electrons. The number of likely N-dealkylation sites (tertiary alicyclic amines) is 1. The Labute approximate surface area is 213 Å². The van der Waals surface area contributed by atoms with Crippen molar-refractivity contribution in [3.05, 3.63) is 62.6 Å². The highest BCUT2D eigenvalue weighted by atomic mass is 79.9. The second kappa shape index (κ2) is 11.8. The zero-order chi connectivity index (χ0) is 24.1. The van der Waals surface area contributed by atoms with Crippen molar-refractivity contribution in [2.24, 2.45) is 5.92 Å². The van der Waals surface area contributed by atoms with Gasteiger partial charge in [0.15, 0.2) is 0 Å². The number of carbonyl (C=O) groups is 1. The van der Waals surface area contributed by atoms with Crippen LogP contribution in [0.1, 0.15) is 23.1 Å². The first-order valence-electron chi connectivity index (χ1n) is 11.5. The van der Waals surface area contributed by atoms with E-state index in [1.54, 1.807) is 0 Å². The topological polar surface area (TPSA) is 83.1 Å². The second-order valence-corrected chi connectivity index (χ2v) is 10.4. The maximum absolute atomic E-state index is 11.4. The van der Waals surface area contributed by atoms with E-state index in [0.29, 0.717) is 37.1 Å². The van der Waals surface area contributed by atoms with Crippen molar-refractivity contribution in [1.82, 2.24) is 15.5 Å². The Morgan fingerprint density at radius 2 is 2.03 bits per heavy atom. The van der Waals surface area contributed by atoms with Crippen LogP contribution in [0, 0.1) is 5.92 Å². The molecule has 2 fully saturated rings. The third-order valence-electron chi connectivity index (χ3n) is 6.34. The molecule has 2 aliphatic rings. The maximum atomic E-state index is 11.4. The van der Waals surface area contributed by atoms with Gasteiger partial charge >= 0.3 is 5.97 Å². The summed E-state index contributed by atoms with van der Waals surface area (Å²) in [4.78, 5) is 13.2. The summed E-state index contributed by atoms with van der Waals surface area (Å²) in [6.45, 7) is 5.30. The van der Waals surface area contributed by atoms with Gasteiger partial charge < -0.3 is 25.2 Å². The fourth-order valence-corrected chi connectivity index (χ4v) is 5.08. The Morgan fingerprint density at radius 3 is 2.71 bits per heavy atom. The fourth-order valence-electron chi connectivity index (χ4n) is 4.29. The monoisotopic (exact) mass is 551 g/mol. The number of ether oxygens (including phenoxy) is 2. The number of hydrogen-bond donors (Lipinski definition) is 3. The summed E-state index contributed by atoms with van der Waals surface area (Å²) in [5.41, 5.74) is 3.15. The van der Waals surface area contributed by atoms with Gasteiger partial charge in [0, 0.05) is 54.2 Å². The summed E-state index contributed by atoms with van der Waals surface area (Å²) in [6, 6.07) is 11.4. The molecule has 7 nitrogen and oxygen atoms in total. The van der Waals surface area contributed by atoms with E-state index in [0.717, 1.165) is 53.1 Å². The van der Waals surface area contributed by atoms with E-state index in [9.17, 15) is 9.90 Å². The number of likely N-dealkylation sites (N-methyl/N-ethyl adjacent to an activating group) is 1. The number of rotatable bonds is 11. The van der Waals surface area contributed by atoms with Crippen molar-refractivity contribution in [3.8, 4) is 5.75 Å². The van der Waals surface area contributed by atoms with E-state index in [2.05, 4.69) is 38.7 Å². The van der Waals surface area contributed by atoms with Crippen LogP contribution < -0.4 is 15.4 Å². The molecule has 2 atom stereocenters. The lowest BCUT2D eigenvalue weighted by molar-refractivity contribution is -0.141. The first-order valence-corrected chi connectivity index (χ1v) is 12.7. The molecular weight excluding hydrogens is 522 g/mol. The fraction of sp³-hybridized carbons (Fsp3) is 0.480. The Hall–Kier alpha value is -1.68.